The van der Waals surface area contributed by atoms with Crippen molar-refractivity contribution >= 4 is 47.2 Å². The monoisotopic (exact) mass is 765 g/mol. The Bertz CT molecular complexity index is 2280. The number of carbonyl (C=O) groups is 4. The predicted octanol–water partition coefficient (Wildman–Crippen LogP) is 9.07. The zero-order valence-electron chi connectivity index (χ0n) is 32.0. The number of anilines is 2. The first-order valence-corrected chi connectivity index (χ1v) is 19.7. The average Bonchev–Trinajstić information content (AvgIpc) is 3.99. The van der Waals surface area contributed by atoms with Crippen molar-refractivity contribution in [2.45, 2.75) is 37.8 Å². The number of aromatic nitrogens is 1. The van der Waals surface area contributed by atoms with Gasteiger partial charge in [0.15, 0.2) is 0 Å². The minimum atomic E-state index is -0.590. The van der Waals surface area contributed by atoms with Crippen LogP contribution in [0.4, 0.5) is 11.4 Å². The molecule has 1 aromatic heterocycles. The standard InChI is InChI=1S/C49H43N5O4/c55-46(43-19-10-32-53(43)48(57)42-17-8-7-16-40(42)36-12-3-1-4-13-36)51-38-27-23-34(24-28-38)21-22-35-25-29-39(30-26-35)52-47(56)44-20-11-33-54(44)49(58)45-41(18-9-31-50-45)37-14-5-2-6-15-37/h1-9,12-18,21-31,43-44H,10-11,19-20,32-33H2,(H,51,55)(H,52,56)/b22-21+/t43-,44-/m0/s1. The molecule has 0 radical (unpaired) electrons. The van der Waals surface area contributed by atoms with Gasteiger partial charge in [0, 0.05) is 41.8 Å². The van der Waals surface area contributed by atoms with Gasteiger partial charge < -0.3 is 20.4 Å². The van der Waals surface area contributed by atoms with E-state index in [-0.39, 0.29) is 23.6 Å². The highest BCUT2D eigenvalue weighted by molar-refractivity contribution is 6.05. The number of benzene rings is 5. The molecule has 0 aliphatic carbocycles. The Hall–Kier alpha value is -7.13. The van der Waals surface area contributed by atoms with Crippen molar-refractivity contribution in [3.63, 3.8) is 0 Å². The summed E-state index contributed by atoms with van der Waals surface area (Å²) in [5.74, 6) is -0.809. The van der Waals surface area contributed by atoms with E-state index in [4.69, 9.17) is 0 Å². The van der Waals surface area contributed by atoms with E-state index in [1.54, 1.807) is 16.0 Å². The van der Waals surface area contributed by atoms with E-state index in [2.05, 4.69) is 15.6 Å². The number of hydrogen-bond donors (Lipinski definition) is 2. The molecule has 0 bridgehead atoms. The number of likely N-dealkylation sites (tertiary alicyclic amines) is 2. The third-order valence-corrected chi connectivity index (χ3v) is 10.8. The molecule has 6 aromatic rings. The SMILES string of the molecule is O=C(Nc1ccc(/C=C/c2ccc(NC(=O)[C@@H]3CCCN3C(=O)c3ncccc3-c3ccccc3)cc2)cc1)[C@@H]1CCCN1C(=O)c1ccccc1-c1ccccc1. The smallest absolute Gasteiger partial charge is 0.273 e. The molecule has 9 heteroatoms. The zero-order valence-corrected chi connectivity index (χ0v) is 32.0. The topological polar surface area (TPSA) is 112 Å². The van der Waals surface area contributed by atoms with Gasteiger partial charge in [0.2, 0.25) is 11.8 Å². The molecule has 8 rings (SSSR count). The van der Waals surface area contributed by atoms with Crippen LogP contribution in [0.2, 0.25) is 0 Å². The van der Waals surface area contributed by atoms with Crippen LogP contribution in [0.15, 0.2) is 152 Å². The third-order valence-electron chi connectivity index (χ3n) is 10.8. The maximum Gasteiger partial charge on any atom is 0.273 e. The van der Waals surface area contributed by atoms with E-state index in [1.165, 1.54) is 0 Å². The number of hydrogen-bond acceptors (Lipinski definition) is 5. The molecular formula is C49H43N5O4. The number of pyridine rings is 1. The van der Waals surface area contributed by atoms with Crippen molar-refractivity contribution in [3.8, 4) is 22.3 Å². The summed E-state index contributed by atoms with van der Waals surface area (Å²) in [6.45, 7) is 1.02. The Balaban J connectivity index is 0.856. The number of carbonyl (C=O) groups excluding carboxylic acids is 4. The lowest BCUT2D eigenvalue weighted by Crippen LogP contribution is -2.43. The van der Waals surface area contributed by atoms with Crippen LogP contribution in [-0.2, 0) is 9.59 Å². The van der Waals surface area contributed by atoms with Crippen LogP contribution in [0.5, 0.6) is 0 Å². The first kappa shape index (κ1) is 37.8. The molecule has 2 aliphatic rings. The first-order valence-electron chi connectivity index (χ1n) is 19.7. The first-order chi connectivity index (χ1) is 28.4. The second kappa shape index (κ2) is 17.3. The molecule has 2 fully saturated rings. The summed E-state index contributed by atoms with van der Waals surface area (Å²) in [4.78, 5) is 62.2. The molecule has 5 aromatic carbocycles. The van der Waals surface area contributed by atoms with E-state index in [1.807, 2.05) is 158 Å². The largest absolute Gasteiger partial charge is 0.327 e. The molecular weight excluding hydrogens is 723 g/mol. The molecule has 4 amide bonds. The highest BCUT2D eigenvalue weighted by atomic mass is 16.2. The van der Waals surface area contributed by atoms with Gasteiger partial charge in [-0.3, -0.25) is 24.2 Å². The fraction of sp³-hybridized carbons (Fsp3) is 0.163. The molecule has 0 spiro atoms. The molecule has 3 heterocycles. The van der Waals surface area contributed by atoms with E-state index < -0.39 is 12.1 Å². The fourth-order valence-corrected chi connectivity index (χ4v) is 7.82. The summed E-state index contributed by atoms with van der Waals surface area (Å²) in [5.41, 5.74) is 7.58. The summed E-state index contributed by atoms with van der Waals surface area (Å²) in [6.07, 6.45) is 8.25. The maximum atomic E-state index is 13.8. The summed E-state index contributed by atoms with van der Waals surface area (Å²) in [5, 5.41) is 6.02. The van der Waals surface area contributed by atoms with Crippen LogP contribution >= 0.6 is 0 Å². The van der Waals surface area contributed by atoms with E-state index in [0.29, 0.717) is 48.6 Å². The molecule has 288 valence electrons. The van der Waals surface area contributed by atoms with Gasteiger partial charge in [-0.2, -0.15) is 0 Å². The number of nitrogens with one attached hydrogen (secondary N) is 2. The Morgan fingerprint density at radius 1 is 0.517 bits per heavy atom. The second-order valence-corrected chi connectivity index (χ2v) is 14.5. The number of amides is 4. The van der Waals surface area contributed by atoms with E-state index in [0.717, 1.165) is 46.2 Å². The van der Waals surface area contributed by atoms with Crippen LogP contribution < -0.4 is 10.6 Å². The zero-order chi connectivity index (χ0) is 39.8. The van der Waals surface area contributed by atoms with Crippen LogP contribution in [0.3, 0.4) is 0 Å². The molecule has 2 atom stereocenters. The molecule has 58 heavy (non-hydrogen) atoms. The van der Waals surface area contributed by atoms with Gasteiger partial charge >= 0.3 is 0 Å². The number of nitrogens with zero attached hydrogens (tertiary/aromatic N) is 3. The van der Waals surface area contributed by atoms with Gasteiger partial charge in [0.25, 0.3) is 11.8 Å². The molecule has 9 nitrogen and oxygen atoms in total. The highest BCUT2D eigenvalue weighted by Crippen LogP contribution is 2.30. The van der Waals surface area contributed by atoms with Crippen molar-refractivity contribution in [1.29, 1.82) is 0 Å². The lowest BCUT2D eigenvalue weighted by atomic mass is 9.98. The Morgan fingerprint density at radius 2 is 0.983 bits per heavy atom. The van der Waals surface area contributed by atoms with Crippen LogP contribution in [0.25, 0.3) is 34.4 Å². The van der Waals surface area contributed by atoms with Crippen LogP contribution in [-0.4, -0.2) is 63.6 Å². The maximum absolute atomic E-state index is 13.8. The summed E-state index contributed by atoms with van der Waals surface area (Å²) >= 11 is 0. The van der Waals surface area contributed by atoms with Gasteiger partial charge in [0.05, 0.1) is 0 Å². The van der Waals surface area contributed by atoms with E-state index >= 15 is 0 Å². The molecule has 2 saturated heterocycles. The molecule has 2 N–H and O–H groups in total. The highest BCUT2D eigenvalue weighted by Gasteiger charge is 2.37. The predicted molar refractivity (Wildman–Crippen MR) is 229 cm³/mol. The van der Waals surface area contributed by atoms with Crippen molar-refractivity contribution in [2.24, 2.45) is 0 Å². The lowest BCUT2D eigenvalue weighted by Gasteiger charge is -2.25. The summed E-state index contributed by atoms with van der Waals surface area (Å²) in [7, 11) is 0. The second-order valence-electron chi connectivity index (χ2n) is 14.5. The normalized spacial score (nSPS) is 16.3. The van der Waals surface area contributed by atoms with Crippen LogP contribution in [0, 0.1) is 0 Å². The van der Waals surface area contributed by atoms with Gasteiger partial charge in [-0.25, -0.2) is 0 Å². The van der Waals surface area contributed by atoms with Crippen molar-refractivity contribution in [3.05, 3.63) is 174 Å². The Morgan fingerprint density at radius 3 is 1.53 bits per heavy atom. The summed E-state index contributed by atoms with van der Waals surface area (Å²) < 4.78 is 0. The lowest BCUT2D eigenvalue weighted by molar-refractivity contribution is -0.120. The van der Waals surface area contributed by atoms with Gasteiger partial charge in [0.1, 0.15) is 17.8 Å². The minimum absolute atomic E-state index is 0.139. The van der Waals surface area contributed by atoms with Crippen molar-refractivity contribution in [2.75, 3.05) is 23.7 Å². The summed E-state index contributed by atoms with van der Waals surface area (Å²) in [6, 6.07) is 44.7. The number of rotatable bonds is 10. The molecule has 2 aliphatic heterocycles. The quantitative estimate of drug-likeness (QED) is 0.135. The minimum Gasteiger partial charge on any atom is -0.327 e. The van der Waals surface area contributed by atoms with Crippen LogP contribution in [0.1, 0.15) is 57.7 Å². The Kier molecular flexibility index (Phi) is 11.3. The van der Waals surface area contributed by atoms with Gasteiger partial charge in [-0.05, 0) is 89.9 Å². The fourth-order valence-electron chi connectivity index (χ4n) is 7.82. The van der Waals surface area contributed by atoms with Gasteiger partial charge in [-0.1, -0.05) is 121 Å². The van der Waals surface area contributed by atoms with E-state index in [9.17, 15) is 19.2 Å². The molecule has 0 saturated carbocycles. The third kappa shape index (κ3) is 8.34. The van der Waals surface area contributed by atoms with Gasteiger partial charge in [-0.15, -0.1) is 0 Å². The van der Waals surface area contributed by atoms with Crippen molar-refractivity contribution in [1.82, 2.24) is 14.8 Å². The average molecular weight is 766 g/mol. The Labute approximate surface area is 338 Å². The molecule has 0 unspecified atom stereocenters. The van der Waals surface area contributed by atoms with Crippen molar-refractivity contribution < 1.29 is 19.2 Å².